The van der Waals surface area contributed by atoms with E-state index in [1.165, 1.54) is 0 Å². The van der Waals surface area contributed by atoms with Crippen molar-refractivity contribution in [3.63, 3.8) is 0 Å². The molecule has 0 amide bonds. The number of para-hydroxylation sites is 1. The molecule has 1 saturated heterocycles. The molecule has 25 heavy (non-hydrogen) atoms. The summed E-state index contributed by atoms with van der Waals surface area (Å²) >= 11 is 0. The van der Waals surface area contributed by atoms with E-state index in [-0.39, 0.29) is 18.8 Å². The maximum Gasteiger partial charge on any atom is 0.279 e. The van der Waals surface area contributed by atoms with E-state index in [1.807, 2.05) is 32.0 Å². The van der Waals surface area contributed by atoms with Gasteiger partial charge in [0, 0.05) is 31.6 Å². The molecule has 7 heteroatoms. The molecule has 0 aromatic heterocycles. The molecule has 0 aliphatic carbocycles. The Balaban J connectivity index is 1.52. The zero-order valence-electron chi connectivity index (χ0n) is 15.1. The Kier molecular flexibility index (Phi) is 5.55. The summed E-state index contributed by atoms with van der Waals surface area (Å²) in [5.74, 6) is 1.46. The summed E-state index contributed by atoms with van der Waals surface area (Å²) in [4.78, 5) is 0. The van der Waals surface area contributed by atoms with Crippen molar-refractivity contribution in [2.24, 2.45) is 0 Å². The molecule has 1 aromatic carbocycles. The highest BCUT2D eigenvalue weighted by Gasteiger charge is 2.32. The first-order valence-corrected chi connectivity index (χ1v) is 10.5. The van der Waals surface area contributed by atoms with E-state index in [0.29, 0.717) is 18.8 Å². The molecule has 0 radical (unpaired) electrons. The Hall–Kier alpha value is -1.31. The SMILES string of the molecule is CC1(C)Cc2cccc(OCCNS(=O)(=O)N3CCCCCC3)c2O1. The molecule has 2 aliphatic heterocycles. The van der Waals surface area contributed by atoms with Crippen molar-refractivity contribution in [2.75, 3.05) is 26.2 Å². The van der Waals surface area contributed by atoms with E-state index in [2.05, 4.69) is 4.72 Å². The highest BCUT2D eigenvalue weighted by atomic mass is 32.2. The van der Waals surface area contributed by atoms with Gasteiger partial charge in [-0.2, -0.15) is 17.4 Å². The van der Waals surface area contributed by atoms with Crippen molar-refractivity contribution < 1.29 is 17.9 Å². The number of benzene rings is 1. The van der Waals surface area contributed by atoms with Crippen molar-refractivity contribution in [3.8, 4) is 11.5 Å². The van der Waals surface area contributed by atoms with E-state index < -0.39 is 10.2 Å². The summed E-state index contributed by atoms with van der Waals surface area (Å²) in [6.07, 6.45) is 4.91. The summed E-state index contributed by atoms with van der Waals surface area (Å²) in [6, 6.07) is 5.85. The van der Waals surface area contributed by atoms with E-state index in [4.69, 9.17) is 9.47 Å². The van der Waals surface area contributed by atoms with Gasteiger partial charge in [0.1, 0.15) is 12.2 Å². The minimum absolute atomic E-state index is 0.226. The zero-order valence-corrected chi connectivity index (χ0v) is 15.9. The van der Waals surface area contributed by atoms with Gasteiger partial charge in [-0.15, -0.1) is 0 Å². The Morgan fingerprint density at radius 3 is 2.64 bits per heavy atom. The molecule has 140 valence electrons. The Labute approximate surface area is 150 Å². The highest BCUT2D eigenvalue weighted by Crippen LogP contribution is 2.41. The summed E-state index contributed by atoms with van der Waals surface area (Å²) in [5, 5.41) is 0. The van der Waals surface area contributed by atoms with Crippen LogP contribution in [0.25, 0.3) is 0 Å². The first-order valence-electron chi connectivity index (χ1n) is 9.06. The van der Waals surface area contributed by atoms with Gasteiger partial charge < -0.3 is 9.47 Å². The van der Waals surface area contributed by atoms with Gasteiger partial charge >= 0.3 is 0 Å². The third-order valence-corrected chi connectivity index (χ3v) is 6.22. The van der Waals surface area contributed by atoms with Gasteiger partial charge in [0.25, 0.3) is 10.2 Å². The molecular formula is C18H28N2O4S. The second-order valence-corrected chi connectivity index (χ2v) is 9.10. The standard InChI is InChI=1S/C18H28N2O4S/c1-18(2)14-15-8-7-9-16(17(15)24-18)23-13-10-19-25(21,22)20-11-5-3-4-6-12-20/h7-9,19H,3-6,10-14H2,1-2H3. The van der Waals surface area contributed by atoms with Crippen LogP contribution in [0.3, 0.4) is 0 Å². The van der Waals surface area contributed by atoms with Crippen molar-refractivity contribution in [1.29, 1.82) is 0 Å². The molecule has 3 rings (SSSR count). The van der Waals surface area contributed by atoms with Gasteiger partial charge in [-0.3, -0.25) is 0 Å². The summed E-state index contributed by atoms with van der Waals surface area (Å²) in [6.45, 7) is 5.81. The van der Waals surface area contributed by atoms with Gasteiger partial charge in [-0.05, 0) is 32.8 Å². The molecule has 1 fully saturated rings. The maximum atomic E-state index is 12.4. The fourth-order valence-corrected chi connectivity index (χ4v) is 4.67. The van der Waals surface area contributed by atoms with E-state index >= 15 is 0 Å². The zero-order chi connectivity index (χ0) is 17.9. The summed E-state index contributed by atoms with van der Waals surface area (Å²) in [7, 11) is -3.42. The van der Waals surface area contributed by atoms with Crippen LogP contribution in [0.2, 0.25) is 0 Å². The van der Waals surface area contributed by atoms with Crippen LogP contribution in [0.5, 0.6) is 11.5 Å². The highest BCUT2D eigenvalue weighted by molar-refractivity contribution is 7.87. The predicted molar refractivity (Wildman–Crippen MR) is 97.3 cm³/mol. The minimum atomic E-state index is -3.42. The second kappa shape index (κ2) is 7.51. The topological polar surface area (TPSA) is 67.9 Å². The second-order valence-electron chi connectivity index (χ2n) is 7.34. The Morgan fingerprint density at radius 2 is 1.92 bits per heavy atom. The molecule has 1 aromatic rings. The van der Waals surface area contributed by atoms with Crippen LogP contribution in [0, 0.1) is 0 Å². The number of hydrogen-bond donors (Lipinski definition) is 1. The maximum absolute atomic E-state index is 12.4. The molecule has 2 heterocycles. The molecule has 0 spiro atoms. The average molecular weight is 368 g/mol. The number of hydrogen-bond acceptors (Lipinski definition) is 4. The number of ether oxygens (including phenoxy) is 2. The number of nitrogens with zero attached hydrogens (tertiary/aromatic N) is 1. The van der Waals surface area contributed by atoms with E-state index in [1.54, 1.807) is 4.31 Å². The molecule has 2 aliphatic rings. The van der Waals surface area contributed by atoms with Crippen LogP contribution in [0.15, 0.2) is 18.2 Å². The number of rotatable bonds is 6. The average Bonchev–Trinajstić information content (AvgIpc) is 2.74. The van der Waals surface area contributed by atoms with Gasteiger partial charge in [-0.25, -0.2) is 0 Å². The van der Waals surface area contributed by atoms with E-state index in [0.717, 1.165) is 43.4 Å². The van der Waals surface area contributed by atoms with Gasteiger partial charge in [0.05, 0.1) is 0 Å². The summed E-state index contributed by atoms with van der Waals surface area (Å²) < 4.78 is 40.6. The first-order chi connectivity index (χ1) is 11.9. The van der Waals surface area contributed by atoms with Gasteiger partial charge in [-0.1, -0.05) is 25.0 Å². The lowest BCUT2D eigenvalue weighted by Crippen LogP contribution is -2.42. The lowest BCUT2D eigenvalue weighted by Gasteiger charge is -2.20. The van der Waals surface area contributed by atoms with Crippen LogP contribution in [-0.2, 0) is 16.6 Å². The quantitative estimate of drug-likeness (QED) is 0.784. The number of fused-ring (bicyclic) bond motifs is 1. The first kappa shape index (κ1) is 18.5. The third kappa shape index (κ3) is 4.65. The van der Waals surface area contributed by atoms with Crippen LogP contribution >= 0.6 is 0 Å². The molecule has 0 bridgehead atoms. The molecule has 0 saturated carbocycles. The third-order valence-electron chi connectivity index (χ3n) is 4.60. The molecule has 1 N–H and O–H groups in total. The fourth-order valence-electron chi connectivity index (χ4n) is 3.41. The fraction of sp³-hybridized carbons (Fsp3) is 0.667. The lowest BCUT2D eigenvalue weighted by atomic mass is 10.0. The summed E-state index contributed by atoms with van der Waals surface area (Å²) in [5.41, 5.74) is 0.906. The predicted octanol–water partition coefficient (Wildman–Crippen LogP) is 2.49. The largest absolute Gasteiger partial charge is 0.488 e. The Bertz CT molecular complexity index is 695. The Morgan fingerprint density at radius 1 is 1.20 bits per heavy atom. The van der Waals surface area contributed by atoms with Crippen molar-refractivity contribution in [1.82, 2.24) is 9.03 Å². The number of nitrogens with one attached hydrogen (secondary N) is 1. The smallest absolute Gasteiger partial charge is 0.279 e. The van der Waals surface area contributed by atoms with Crippen LogP contribution in [0.1, 0.15) is 45.1 Å². The minimum Gasteiger partial charge on any atom is -0.488 e. The van der Waals surface area contributed by atoms with E-state index in [9.17, 15) is 8.42 Å². The van der Waals surface area contributed by atoms with Crippen molar-refractivity contribution in [3.05, 3.63) is 23.8 Å². The van der Waals surface area contributed by atoms with Gasteiger partial charge in [0.2, 0.25) is 0 Å². The molecular weight excluding hydrogens is 340 g/mol. The van der Waals surface area contributed by atoms with Gasteiger partial charge in [0.15, 0.2) is 11.5 Å². The lowest BCUT2D eigenvalue weighted by molar-refractivity contribution is 0.132. The van der Waals surface area contributed by atoms with Crippen molar-refractivity contribution >= 4 is 10.2 Å². The van der Waals surface area contributed by atoms with Crippen molar-refractivity contribution in [2.45, 2.75) is 51.6 Å². The van der Waals surface area contributed by atoms with Crippen LogP contribution < -0.4 is 14.2 Å². The normalized spacial score (nSPS) is 20.6. The monoisotopic (exact) mass is 368 g/mol. The molecule has 0 unspecified atom stereocenters. The molecule has 0 atom stereocenters. The molecule has 6 nitrogen and oxygen atoms in total. The van der Waals surface area contributed by atoms with Crippen LogP contribution in [-0.4, -0.2) is 44.6 Å². The van der Waals surface area contributed by atoms with Crippen LogP contribution in [0.4, 0.5) is 0 Å².